The van der Waals surface area contributed by atoms with Crippen LogP contribution < -0.4 is 0 Å². The standard InChI is InChI=1S/C75H142O17P2/c1-6-10-13-16-19-22-25-27-29-31-33-39-44-49-54-59-73(78)86-65-71(91-74(79)60-55-50-45-40-34-32-30-28-26-23-20-17-14-11-7-2)67-90-94(83,84)88-63-69(76)62-87-93(81,82)89-66-70(64-85-72(77)58-53-48-43-38-24-21-18-15-12-8-3)92-75(80)61-56-51-46-41-36-35-37-42-47-52-57-68(5)9-4/h23,26,28,30,68-71,76H,6-22,24-25,27,29,31-67H2,1-5H3,(H,81,82)(H,83,84)/b26-23-,30-28-/t68?,69-,70+,71+/m0/s1. The lowest BCUT2D eigenvalue weighted by atomic mass is 9.99. The van der Waals surface area contributed by atoms with Crippen LogP contribution in [0, 0.1) is 5.92 Å². The molecule has 0 aliphatic heterocycles. The average molecular weight is 1380 g/mol. The van der Waals surface area contributed by atoms with E-state index in [1.165, 1.54) is 180 Å². The van der Waals surface area contributed by atoms with Crippen LogP contribution in [-0.2, 0) is 65.4 Å². The lowest BCUT2D eigenvalue weighted by molar-refractivity contribution is -0.161. The van der Waals surface area contributed by atoms with Crippen LogP contribution in [0.15, 0.2) is 24.3 Å². The normalized spacial score (nSPS) is 14.4. The molecule has 0 aliphatic rings. The number of rotatable bonds is 73. The van der Waals surface area contributed by atoms with Gasteiger partial charge in [-0.25, -0.2) is 9.13 Å². The summed E-state index contributed by atoms with van der Waals surface area (Å²) < 4.78 is 68.4. The molecule has 554 valence electrons. The highest BCUT2D eigenvalue weighted by molar-refractivity contribution is 7.47. The molecule has 0 rings (SSSR count). The van der Waals surface area contributed by atoms with Crippen molar-refractivity contribution >= 4 is 39.5 Å². The van der Waals surface area contributed by atoms with Crippen LogP contribution >= 0.6 is 15.6 Å². The zero-order valence-corrected chi connectivity index (χ0v) is 62.4. The number of phosphoric acid groups is 2. The van der Waals surface area contributed by atoms with Gasteiger partial charge in [0.25, 0.3) is 0 Å². The summed E-state index contributed by atoms with van der Waals surface area (Å²) >= 11 is 0. The Hall–Kier alpha value is -2.46. The fourth-order valence-electron chi connectivity index (χ4n) is 11.0. The van der Waals surface area contributed by atoms with E-state index in [1.807, 2.05) is 0 Å². The van der Waals surface area contributed by atoms with Crippen LogP contribution in [0.25, 0.3) is 0 Å². The summed E-state index contributed by atoms with van der Waals surface area (Å²) in [6.45, 7) is 7.24. The summed E-state index contributed by atoms with van der Waals surface area (Å²) in [5, 5.41) is 10.6. The Balaban J connectivity index is 5.29. The van der Waals surface area contributed by atoms with Crippen molar-refractivity contribution < 1.29 is 80.2 Å². The Bertz CT molecular complexity index is 1900. The van der Waals surface area contributed by atoms with Crippen LogP contribution in [0.5, 0.6) is 0 Å². The van der Waals surface area contributed by atoms with E-state index in [4.69, 9.17) is 37.0 Å². The van der Waals surface area contributed by atoms with Crippen molar-refractivity contribution in [3.63, 3.8) is 0 Å². The Morgan fingerprint density at radius 1 is 0.340 bits per heavy atom. The lowest BCUT2D eigenvalue weighted by Gasteiger charge is -2.21. The van der Waals surface area contributed by atoms with Crippen LogP contribution in [0.2, 0.25) is 0 Å². The highest BCUT2D eigenvalue weighted by Gasteiger charge is 2.30. The van der Waals surface area contributed by atoms with Gasteiger partial charge in [0.2, 0.25) is 0 Å². The van der Waals surface area contributed by atoms with Gasteiger partial charge >= 0.3 is 39.5 Å². The third kappa shape index (κ3) is 66.8. The van der Waals surface area contributed by atoms with Crippen LogP contribution in [0.4, 0.5) is 0 Å². The number of carbonyl (C=O) groups is 4. The fourth-order valence-corrected chi connectivity index (χ4v) is 12.5. The van der Waals surface area contributed by atoms with Gasteiger partial charge in [-0.1, -0.05) is 316 Å². The molecule has 0 amide bonds. The van der Waals surface area contributed by atoms with E-state index in [1.54, 1.807) is 0 Å². The van der Waals surface area contributed by atoms with E-state index >= 15 is 0 Å². The summed E-state index contributed by atoms with van der Waals surface area (Å²) in [6, 6.07) is 0. The first kappa shape index (κ1) is 91.5. The molecule has 0 aliphatic carbocycles. The van der Waals surface area contributed by atoms with E-state index in [9.17, 15) is 43.2 Å². The maximum Gasteiger partial charge on any atom is 0.472 e. The van der Waals surface area contributed by atoms with Crippen LogP contribution in [-0.4, -0.2) is 96.7 Å². The molecule has 0 fully saturated rings. The number of aliphatic hydroxyl groups is 1. The third-order valence-corrected chi connectivity index (χ3v) is 19.2. The van der Waals surface area contributed by atoms with Crippen molar-refractivity contribution in [2.45, 2.75) is 387 Å². The zero-order valence-electron chi connectivity index (χ0n) is 60.6. The smallest absolute Gasteiger partial charge is 0.462 e. The maximum absolute atomic E-state index is 13.1. The molecule has 94 heavy (non-hydrogen) atoms. The molecule has 0 aromatic heterocycles. The molecule has 0 spiro atoms. The van der Waals surface area contributed by atoms with E-state index in [-0.39, 0.29) is 25.7 Å². The van der Waals surface area contributed by atoms with Crippen molar-refractivity contribution in [1.29, 1.82) is 0 Å². The lowest BCUT2D eigenvalue weighted by Crippen LogP contribution is -2.30. The second-order valence-electron chi connectivity index (χ2n) is 26.6. The quantitative estimate of drug-likeness (QED) is 0.0169. The first-order valence-corrected chi connectivity index (χ1v) is 41.5. The maximum atomic E-state index is 13.1. The Morgan fingerprint density at radius 2 is 0.596 bits per heavy atom. The molecule has 0 saturated heterocycles. The average Bonchev–Trinajstić information content (AvgIpc) is 1.21. The zero-order chi connectivity index (χ0) is 69.1. The van der Waals surface area contributed by atoms with Crippen molar-refractivity contribution in [3.05, 3.63) is 24.3 Å². The predicted molar refractivity (Wildman–Crippen MR) is 381 cm³/mol. The van der Waals surface area contributed by atoms with Gasteiger partial charge in [-0.2, -0.15) is 0 Å². The van der Waals surface area contributed by atoms with E-state index < -0.39 is 97.5 Å². The molecule has 17 nitrogen and oxygen atoms in total. The van der Waals surface area contributed by atoms with Gasteiger partial charge in [-0.05, 0) is 57.3 Å². The van der Waals surface area contributed by atoms with E-state index in [0.717, 1.165) is 109 Å². The van der Waals surface area contributed by atoms with Crippen molar-refractivity contribution in [1.82, 2.24) is 0 Å². The van der Waals surface area contributed by atoms with Gasteiger partial charge < -0.3 is 33.8 Å². The number of aliphatic hydroxyl groups excluding tert-OH is 1. The number of unbranched alkanes of at least 4 members (excludes halogenated alkanes) is 41. The fraction of sp³-hybridized carbons (Fsp3) is 0.893. The largest absolute Gasteiger partial charge is 0.472 e. The number of esters is 4. The summed E-state index contributed by atoms with van der Waals surface area (Å²) in [6.07, 6.45) is 58.9. The van der Waals surface area contributed by atoms with Crippen molar-refractivity contribution in [2.75, 3.05) is 39.6 Å². The summed E-state index contributed by atoms with van der Waals surface area (Å²) in [5.41, 5.74) is 0. The topological polar surface area (TPSA) is 237 Å². The SMILES string of the molecule is CCCCCC/C=C\C=C/CCCCCCCC(=O)O[C@H](COC(=O)CCCCCCCCCCCCCCCCC)COP(=O)(O)OC[C@@H](O)COP(=O)(O)OC[C@@H](COC(=O)CCCCCCCCCCCC)OC(=O)CCCCCCCCCCCCC(C)CC. The van der Waals surface area contributed by atoms with Crippen LogP contribution in [0.1, 0.15) is 369 Å². The molecule has 19 heteroatoms. The molecular formula is C75H142O17P2. The first-order chi connectivity index (χ1) is 45.6. The molecule has 0 aromatic carbocycles. The summed E-state index contributed by atoms with van der Waals surface area (Å²) in [4.78, 5) is 72.7. The predicted octanol–water partition coefficient (Wildman–Crippen LogP) is 21.6. The minimum atomic E-state index is -4.96. The van der Waals surface area contributed by atoms with Gasteiger partial charge in [-0.15, -0.1) is 0 Å². The molecule has 6 atom stereocenters. The minimum absolute atomic E-state index is 0.0857. The number of hydrogen-bond donors (Lipinski definition) is 3. The second-order valence-corrected chi connectivity index (χ2v) is 29.5. The molecule has 0 radical (unpaired) electrons. The number of hydrogen-bond acceptors (Lipinski definition) is 15. The second kappa shape index (κ2) is 67.7. The monoisotopic (exact) mass is 1380 g/mol. The summed E-state index contributed by atoms with van der Waals surface area (Å²) in [7, 11) is -9.92. The molecule has 3 N–H and O–H groups in total. The molecule has 0 aromatic rings. The molecule has 0 bridgehead atoms. The number of allylic oxidation sites excluding steroid dienone is 4. The van der Waals surface area contributed by atoms with Crippen molar-refractivity contribution in [3.8, 4) is 0 Å². The van der Waals surface area contributed by atoms with Crippen molar-refractivity contribution in [2.24, 2.45) is 5.92 Å². The Labute approximate surface area is 573 Å². The van der Waals surface area contributed by atoms with Gasteiger partial charge in [0.05, 0.1) is 26.4 Å². The summed E-state index contributed by atoms with van der Waals surface area (Å²) in [5.74, 6) is -1.34. The van der Waals surface area contributed by atoms with E-state index in [2.05, 4.69) is 58.9 Å². The Morgan fingerprint density at radius 3 is 0.904 bits per heavy atom. The van der Waals surface area contributed by atoms with Gasteiger partial charge in [0.1, 0.15) is 19.3 Å². The highest BCUT2D eigenvalue weighted by atomic mass is 31.2. The minimum Gasteiger partial charge on any atom is -0.462 e. The Kier molecular flexibility index (Phi) is 65.9. The molecule has 0 heterocycles. The van der Waals surface area contributed by atoms with E-state index in [0.29, 0.717) is 25.7 Å². The third-order valence-electron chi connectivity index (χ3n) is 17.3. The number of phosphoric ester groups is 2. The van der Waals surface area contributed by atoms with Gasteiger partial charge in [-0.3, -0.25) is 37.3 Å². The highest BCUT2D eigenvalue weighted by Crippen LogP contribution is 2.45. The number of ether oxygens (including phenoxy) is 4. The van der Waals surface area contributed by atoms with Gasteiger partial charge in [0.15, 0.2) is 12.2 Å². The first-order valence-electron chi connectivity index (χ1n) is 38.5. The molecular weight excluding hydrogens is 1230 g/mol. The van der Waals surface area contributed by atoms with Gasteiger partial charge in [0, 0.05) is 25.7 Å². The molecule has 0 saturated carbocycles. The number of carbonyl (C=O) groups excluding carboxylic acids is 4. The van der Waals surface area contributed by atoms with Crippen LogP contribution in [0.3, 0.4) is 0 Å². The molecule has 3 unspecified atom stereocenters.